The van der Waals surface area contributed by atoms with E-state index in [0.717, 1.165) is 5.56 Å². The minimum Gasteiger partial charge on any atom is -0.465 e. The van der Waals surface area contributed by atoms with Crippen molar-refractivity contribution in [3.63, 3.8) is 0 Å². The van der Waals surface area contributed by atoms with E-state index in [9.17, 15) is 9.90 Å². The molecule has 124 valence electrons. The van der Waals surface area contributed by atoms with Crippen LogP contribution in [0, 0.1) is 11.8 Å². The Hall–Kier alpha value is -2.07. The third-order valence-electron chi connectivity index (χ3n) is 3.48. The number of carbonyl (C=O) groups excluding carboxylic acids is 1. The van der Waals surface area contributed by atoms with Gasteiger partial charge in [-0.05, 0) is 42.0 Å². The van der Waals surface area contributed by atoms with E-state index in [4.69, 9.17) is 9.47 Å². The largest absolute Gasteiger partial charge is 0.465 e. The highest BCUT2D eigenvalue weighted by atomic mass is 16.6. The summed E-state index contributed by atoms with van der Waals surface area (Å²) in [5.74, 6) is 0.978. The van der Waals surface area contributed by atoms with Crippen LogP contribution in [0.4, 0.5) is 0 Å². The number of hydrogen-bond acceptors (Lipinski definition) is 4. The molecule has 1 N–H and O–H groups in total. The number of carbonyl (C=O) groups is 1. The van der Waals surface area contributed by atoms with E-state index in [0.29, 0.717) is 35.2 Å². The Labute approximate surface area is 137 Å². The zero-order valence-corrected chi connectivity index (χ0v) is 14.1. The average molecular weight is 316 g/mol. The van der Waals surface area contributed by atoms with Crippen LogP contribution >= 0.6 is 0 Å². The van der Waals surface area contributed by atoms with Gasteiger partial charge in [0.2, 0.25) is 6.29 Å². The van der Waals surface area contributed by atoms with Gasteiger partial charge in [-0.1, -0.05) is 39.8 Å². The highest BCUT2D eigenvalue weighted by Gasteiger charge is 2.33. The van der Waals surface area contributed by atoms with Crippen molar-refractivity contribution in [1.82, 2.24) is 0 Å². The van der Waals surface area contributed by atoms with Crippen molar-refractivity contribution in [3.8, 4) is 5.75 Å². The summed E-state index contributed by atoms with van der Waals surface area (Å²) in [5.41, 5.74) is 1.86. The Bertz CT molecular complexity index is 609. The van der Waals surface area contributed by atoms with E-state index in [1.807, 2.05) is 32.1 Å². The van der Waals surface area contributed by atoms with E-state index in [1.54, 1.807) is 18.4 Å². The monoisotopic (exact) mass is 316 g/mol. The quantitative estimate of drug-likeness (QED) is 0.638. The van der Waals surface area contributed by atoms with Gasteiger partial charge in [0.1, 0.15) is 5.75 Å². The van der Waals surface area contributed by atoms with Crippen molar-refractivity contribution in [2.75, 3.05) is 0 Å². The second-order valence-corrected chi connectivity index (χ2v) is 6.47. The second kappa shape index (κ2) is 7.47. The van der Waals surface area contributed by atoms with Crippen molar-refractivity contribution in [2.24, 2.45) is 11.8 Å². The Kier molecular flexibility index (Phi) is 5.61. The Morgan fingerprint density at radius 3 is 2.43 bits per heavy atom. The van der Waals surface area contributed by atoms with Crippen LogP contribution < -0.4 is 4.74 Å². The predicted octanol–water partition coefficient (Wildman–Crippen LogP) is 3.91. The molecular weight excluding hydrogens is 292 g/mol. The number of benzene rings is 1. The molecular formula is C19H24O4. The van der Waals surface area contributed by atoms with E-state index >= 15 is 0 Å². The first-order valence-electron chi connectivity index (χ1n) is 7.94. The fraction of sp³-hybridized carbons (Fsp3) is 0.421. The summed E-state index contributed by atoms with van der Waals surface area (Å²) in [6, 6.07) is 7.23. The molecule has 0 bridgehead atoms. The number of aliphatic hydroxyl groups is 1. The minimum atomic E-state index is -1.13. The molecule has 1 aromatic rings. The molecule has 0 aliphatic carbocycles. The van der Waals surface area contributed by atoms with E-state index in [1.165, 1.54) is 0 Å². The maximum absolute atomic E-state index is 12.0. The minimum absolute atomic E-state index is 0.327. The molecule has 1 unspecified atom stereocenters. The van der Waals surface area contributed by atoms with Crippen LogP contribution in [-0.4, -0.2) is 17.4 Å². The van der Waals surface area contributed by atoms with Gasteiger partial charge in [0.05, 0.1) is 11.8 Å². The van der Waals surface area contributed by atoms with Crippen LogP contribution in [0.25, 0.3) is 5.57 Å². The van der Waals surface area contributed by atoms with E-state index in [2.05, 4.69) is 13.8 Å². The number of esters is 1. The molecule has 23 heavy (non-hydrogen) atoms. The fourth-order valence-electron chi connectivity index (χ4n) is 2.41. The molecule has 0 saturated heterocycles. The van der Waals surface area contributed by atoms with Gasteiger partial charge in [0.25, 0.3) is 0 Å². The summed E-state index contributed by atoms with van der Waals surface area (Å²) in [5, 5.41) is 9.93. The van der Waals surface area contributed by atoms with Gasteiger partial charge in [0.15, 0.2) is 0 Å². The Balaban J connectivity index is 2.22. The van der Waals surface area contributed by atoms with Gasteiger partial charge >= 0.3 is 5.97 Å². The zero-order valence-electron chi connectivity index (χ0n) is 14.1. The summed E-state index contributed by atoms with van der Waals surface area (Å²) in [6.07, 6.45) is 3.11. The van der Waals surface area contributed by atoms with E-state index in [-0.39, 0.29) is 0 Å². The molecule has 0 radical (unpaired) electrons. The molecule has 1 heterocycles. The number of ether oxygens (including phenoxy) is 2. The molecule has 1 aromatic carbocycles. The van der Waals surface area contributed by atoms with Crippen LogP contribution in [-0.2, 0) is 9.53 Å². The number of aliphatic hydroxyl groups excluding tert-OH is 1. The highest BCUT2D eigenvalue weighted by molar-refractivity contribution is 6.19. The maximum atomic E-state index is 12.0. The molecule has 0 amide bonds. The lowest BCUT2D eigenvalue weighted by molar-refractivity contribution is -0.150. The summed E-state index contributed by atoms with van der Waals surface area (Å²) in [6.45, 7) is 8.22. The van der Waals surface area contributed by atoms with Crippen LogP contribution in [0.2, 0.25) is 0 Å². The number of hydrogen-bond donors (Lipinski definition) is 1. The standard InChI is InChI=1S/C19H24O4/c1-12(2)9-10-22-15-7-5-14(6-8-15)17-16(11-13(3)4)18(20)23-19(17)21/h5-10,12-13,18,20H,11H2,1-4H3. The number of rotatable bonds is 6. The molecule has 4 heteroatoms. The van der Waals surface area contributed by atoms with Gasteiger partial charge in [-0.3, -0.25) is 0 Å². The summed E-state index contributed by atoms with van der Waals surface area (Å²) < 4.78 is 10.5. The summed E-state index contributed by atoms with van der Waals surface area (Å²) in [7, 11) is 0. The van der Waals surface area contributed by atoms with Gasteiger partial charge in [0, 0.05) is 5.57 Å². The fourth-order valence-corrected chi connectivity index (χ4v) is 2.41. The summed E-state index contributed by atoms with van der Waals surface area (Å²) in [4.78, 5) is 12.0. The first kappa shape index (κ1) is 17.3. The zero-order chi connectivity index (χ0) is 17.0. The van der Waals surface area contributed by atoms with Crippen molar-refractivity contribution in [3.05, 3.63) is 47.7 Å². The first-order valence-corrected chi connectivity index (χ1v) is 7.94. The topological polar surface area (TPSA) is 55.8 Å². The number of allylic oxidation sites excluding steroid dienone is 1. The smallest absolute Gasteiger partial charge is 0.341 e. The van der Waals surface area contributed by atoms with Crippen molar-refractivity contribution < 1.29 is 19.4 Å². The number of cyclic esters (lactones) is 1. The van der Waals surface area contributed by atoms with Crippen LogP contribution in [0.1, 0.15) is 39.7 Å². The average Bonchev–Trinajstić information content (AvgIpc) is 2.73. The lowest BCUT2D eigenvalue weighted by atomic mass is 9.95. The Morgan fingerprint density at radius 1 is 1.22 bits per heavy atom. The van der Waals surface area contributed by atoms with Crippen molar-refractivity contribution >= 4 is 11.5 Å². The molecule has 2 rings (SSSR count). The van der Waals surface area contributed by atoms with E-state index < -0.39 is 12.3 Å². The first-order chi connectivity index (χ1) is 10.9. The van der Waals surface area contributed by atoms with Crippen molar-refractivity contribution in [1.29, 1.82) is 0 Å². The van der Waals surface area contributed by atoms with Gasteiger partial charge in [-0.2, -0.15) is 0 Å². The normalized spacial score (nSPS) is 18.4. The summed E-state index contributed by atoms with van der Waals surface area (Å²) >= 11 is 0. The molecule has 0 aromatic heterocycles. The third kappa shape index (κ3) is 4.45. The second-order valence-electron chi connectivity index (χ2n) is 6.47. The van der Waals surface area contributed by atoms with Gasteiger partial charge < -0.3 is 14.6 Å². The van der Waals surface area contributed by atoms with Crippen LogP contribution in [0.15, 0.2) is 42.2 Å². The SMILES string of the molecule is CC(C)C=COc1ccc(C2=C(CC(C)C)C(O)OC2=O)cc1. The van der Waals surface area contributed by atoms with Crippen molar-refractivity contribution in [2.45, 2.75) is 40.4 Å². The molecule has 0 saturated carbocycles. The molecule has 1 aliphatic heterocycles. The lowest BCUT2D eigenvalue weighted by Crippen LogP contribution is -2.11. The molecule has 0 spiro atoms. The molecule has 4 nitrogen and oxygen atoms in total. The maximum Gasteiger partial charge on any atom is 0.341 e. The highest BCUT2D eigenvalue weighted by Crippen LogP contribution is 2.34. The molecule has 1 aliphatic rings. The Morgan fingerprint density at radius 2 is 1.87 bits per heavy atom. The van der Waals surface area contributed by atoms with Crippen LogP contribution in [0.3, 0.4) is 0 Å². The third-order valence-corrected chi connectivity index (χ3v) is 3.48. The van der Waals surface area contributed by atoms with Gasteiger partial charge in [-0.15, -0.1) is 0 Å². The van der Waals surface area contributed by atoms with Gasteiger partial charge in [-0.25, -0.2) is 4.79 Å². The van der Waals surface area contributed by atoms with Crippen LogP contribution in [0.5, 0.6) is 5.75 Å². The lowest BCUT2D eigenvalue weighted by Gasteiger charge is -2.10. The molecule has 0 fully saturated rings. The molecule has 1 atom stereocenters. The predicted molar refractivity (Wildman–Crippen MR) is 89.5 cm³/mol.